The first-order valence-electron chi connectivity index (χ1n) is 44.6. The molecule has 19 nitrogen and oxygen atoms in total. The summed E-state index contributed by atoms with van der Waals surface area (Å²) in [6.45, 7) is 1.64. The number of ether oxygens (including phenoxy) is 6. The van der Waals surface area contributed by atoms with Crippen molar-refractivity contribution in [2.75, 3.05) is 26.4 Å². The zero-order valence-electron chi connectivity index (χ0n) is 69.2. The normalized spacial score (nSPS) is 25.6. The van der Waals surface area contributed by atoms with E-state index >= 15 is 0 Å². The zero-order chi connectivity index (χ0) is 80.3. The van der Waals surface area contributed by atoms with Crippen molar-refractivity contribution in [2.45, 2.75) is 439 Å². The van der Waals surface area contributed by atoms with E-state index in [4.69, 9.17) is 28.4 Å². The maximum absolute atomic E-state index is 13.5. The molecule has 642 valence electrons. The monoisotopic (exact) mass is 1570 g/mol. The van der Waals surface area contributed by atoms with Crippen LogP contribution in [0.15, 0.2) is 109 Å². The fraction of sp³-hybridized carbons (Fsp3) is 0.793. The molecule has 0 spiro atoms. The van der Waals surface area contributed by atoms with Crippen molar-refractivity contribution in [3.63, 3.8) is 0 Å². The van der Waals surface area contributed by atoms with E-state index in [1.54, 1.807) is 6.08 Å². The van der Waals surface area contributed by atoms with Gasteiger partial charge in [-0.25, -0.2) is 0 Å². The second kappa shape index (κ2) is 70.6. The summed E-state index contributed by atoms with van der Waals surface area (Å²) < 4.78 is 34.5. The Morgan fingerprint density at radius 1 is 0.333 bits per heavy atom. The molecule has 0 radical (unpaired) electrons. The van der Waals surface area contributed by atoms with Crippen LogP contribution in [0.5, 0.6) is 0 Å². The van der Waals surface area contributed by atoms with Gasteiger partial charge in [0.05, 0.1) is 38.6 Å². The van der Waals surface area contributed by atoms with Crippen LogP contribution in [0, 0.1) is 0 Å². The van der Waals surface area contributed by atoms with E-state index in [1.807, 2.05) is 6.08 Å². The first kappa shape index (κ1) is 102. The van der Waals surface area contributed by atoms with Gasteiger partial charge in [0.2, 0.25) is 5.91 Å². The quantitative estimate of drug-likeness (QED) is 0.0199. The number of aliphatic hydroxyl groups excluding tert-OH is 11. The van der Waals surface area contributed by atoms with Crippen molar-refractivity contribution in [3.05, 3.63) is 109 Å². The Balaban J connectivity index is 1.32. The number of hydrogen-bond acceptors (Lipinski definition) is 18. The minimum absolute atomic E-state index is 0.234. The van der Waals surface area contributed by atoms with Gasteiger partial charge < -0.3 is 89.9 Å². The largest absolute Gasteiger partial charge is 0.394 e. The molecular formula is C92H161NO18. The van der Waals surface area contributed by atoms with Crippen LogP contribution in [0.2, 0.25) is 0 Å². The number of rotatable bonds is 71. The molecule has 3 aliphatic heterocycles. The standard InChI is InChI=1S/C92H161NO18/c1-3-5-7-9-11-13-15-17-19-21-23-25-27-29-30-31-32-33-34-35-36-37-38-39-40-41-42-43-44-46-48-50-52-54-56-58-60-62-64-66-68-70-80(98)93-75(76(97)69-67-65-63-61-59-57-55-53-51-49-47-45-28-26-24-22-20-18-16-14-12-10-8-6-4-2)74-106-90-86(104)83(101)88(78(72-95)108-90)111-92-87(105)84(102)89(79(73-96)109-92)110-91-85(103)82(100)81(99)77(71-94)107-91/h5,7,11,13,17,19,23,25,29-30,32-33,35-36,59,61,67,69,75-79,81-92,94-97,99-105H,3-4,6,8-10,12,14-16,18,20-22,24,26-28,31,34,37-58,60,62-66,68,70-74H2,1-2H3,(H,93,98)/b7-5-,13-11-,19-17-,25-23-,30-29-,33-32-,36-35-,61-59+,69-67+. The molecular weight excluding hydrogens is 1410 g/mol. The topological polar surface area (TPSA) is 307 Å². The van der Waals surface area contributed by atoms with Crippen molar-refractivity contribution in [1.29, 1.82) is 0 Å². The van der Waals surface area contributed by atoms with Crippen molar-refractivity contribution in [2.24, 2.45) is 0 Å². The summed E-state index contributed by atoms with van der Waals surface area (Å²) in [5.74, 6) is -0.283. The van der Waals surface area contributed by atoms with Crippen molar-refractivity contribution >= 4 is 5.91 Å². The summed E-state index contributed by atoms with van der Waals surface area (Å²) in [4.78, 5) is 13.5. The highest BCUT2D eigenvalue weighted by molar-refractivity contribution is 5.76. The van der Waals surface area contributed by atoms with E-state index in [0.717, 1.165) is 83.5 Å². The molecule has 3 fully saturated rings. The molecule has 0 saturated carbocycles. The van der Waals surface area contributed by atoms with Gasteiger partial charge >= 0.3 is 0 Å². The van der Waals surface area contributed by atoms with Gasteiger partial charge in [0, 0.05) is 6.42 Å². The van der Waals surface area contributed by atoms with Gasteiger partial charge in [0.15, 0.2) is 18.9 Å². The molecule has 3 aliphatic rings. The Kier molecular flexibility index (Phi) is 64.7. The Hall–Kier alpha value is -3.55. The number of carbonyl (C=O) groups is 1. The molecule has 1 amide bonds. The third-order valence-corrected chi connectivity index (χ3v) is 21.6. The number of carbonyl (C=O) groups excluding carboxylic acids is 1. The highest BCUT2D eigenvalue weighted by Gasteiger charge is 2.54. The van der Waals surface area contributed by atoms with Crippen molar-refractivity contribution in [3.8, 4) is 0 Å². The smallest absolute Gasteiger partial charge is 0.220 e. The van der Waals surface area contributed by atoms with Gasteiger partial charge in [0.25, 0.3) is 0 Å². The molecule has 0 aromatic rings. The lowest BCUT2D eigenvalue weighted by Crippen LogP contribution is -2.66. The second-order valence-corrected chi connectivity index (χ2v) is 31.3. The van der Waals surface area contributed by atoms with E-state index in [2.05, 4.69) is 116 Å². The van der Waals surface area contributed by atoms with Crippen LogP contribution in [0.25, 0.3) is 0 Å². The number of allylic oxidation sites excluding steroid dienone is 17. The highest BCUT2D eigenvalue weighted by Crippen LogP contribution is 2.33. The van der Waals surface area contributed by atoms with Gasteiger partial charge in [-0.2, -0.15) is 0 Å². The Morgan fingerprint density at radius 3 is 1.01 bits per heavy atom. The SMILES string of the molecule is CC/C=C\C/C=C\C/C=C\C/C=C\C/C=C\C/C=C\C/C=C\CCCCCCCCCCCCCCCCCCCCCC(=O)NC(COC1OC(CO)C(OC2OC(CO)C(OC3OC(CO)C(O)C(O)C3O)C(O)C2O)C(O)C1O)C(O)/C=C/CC/C=C/CCCCCCCCCCCCCCCCCCCCC. The first-order chi connectivity index (χ1) is 54.3. The van der Waals surface area contributed by atoms with Gasteiger partial charge in [-0.3, -0.25) is 4.79 Å². The number of nitrogens with one attached hydrogen (secondary N) is 1. The lowest BCUT2D eigenvalue weighted by Gasteiger charge is -2.48. The molecule has 19 heteroatoms. The second-order valence-electron chi connectivity index (χ2n) is 31.3. The fourth-order valence-corrected chi connectivity index (χ4v) is 14.5. The van der Waals surface area contributed by atoms with Crippen LogP contribution < -0.4 is 5.32 Å². The third kappa shape index (κ3) is 49.3. The summed E-state index contributed by atoms with van der Waals surface area (Å²) in [6, 6.07) is -0.996. The minimum atomic E-state index is -1.98. The molecule has 0 aromatic carbocycles. The lowest BCUT2D eigenvalue weighted by atomic mass is 9.96. The predicted octanol–water partition coefficient (Wildman–Crippen LogP) is 16.8. The predicted molar refractivity (Wildman–Crippen MR) is 447 cm³/mol. The average Bonchev–Trinajstić information content (AvgIpc) is 0.780. The molecule has 17 atom stereocenters. The van der Waals surface area contributed by atoms with Gasteiger partial charge in [-0.05, 0) is 89.9 Å². The maximum Gasteiger partial charge on any atom is 0.220 e. The summed E-state index contributed by atoms with van der Waals surface area (Å²) in [5.41, 5.74) is 0. The zero-order valence-corrected chi connectivity index (χ0v) is 69.2. The number of aliphatic hydroxyl groups is 11. The number of hydrogen-bond donors (Lipinski definition) is 12. The summed E-state index contributed by atoms with van der Waals surface area (Å²) >= 11 is 0. The van der Waals surface area contributed by atoms with Crippen LogP contribution in [-0.4, -0.2) is 193 Å². The van der Waals surface area contributed by atoms with Crippen LogP contribution in [0.3, 0.4) is 0 Å². The van der Waals surface area contributed by atoms with Gasteiger partial charge in [-0.15, -0.1) is 0 Å². The molecule has 111 heavy (non-hydrogen) atoms. The van der Waals surface area contributed by atoms with Crippen LogP contribution in [0.4, 0.5) is 0 Å². The summed E-state index contributed by atoms with van der Waals surface area (Å²) in [7, 11) is 0. The van der Waals surface area contributed by atoms with E-state index in [-0.39, 0.29) is 18.9 Å². The minimum Gasteiger partial charge on any atom is -0.394 e. The van der Waals surface area contributed by atoms with Crippen LogP contribution >= 0.6 is 0 Å². The highest BCUT2D eigenvalue weighted by atomic mass is 16.8. The fourth-order valence-electron chi connectivity index (χ4n) is 14.5. The van der Waals surface area contributed by atoms with E-state index in [1.165, 1.54) is 218 Å². The molecule has 3 rings (SSSR count). The van der Waals surface area contributed by atoms with Crippen LogP contribution in [-0.2, 0) is 33.2 Å². The van der Waals surface area contributed by atoms with Crippen molar-refractivity contribution in [1.82, 2.24) is 5.32 Å². The molecule has 0 aliphatic carbocycles. The molecule has 0 aromatic heterocycles. The van der Waals surface area contributed by atoms with Gasteiger partial charge in [-0.1, -0.05) is 348 Å². The van der Waals surface area contributed by atoms with Gasteiger partial charge in [0.1, 0.15) is 73.2 Å². The Bertz CT molecular complexity index is 2430. The van der Waals surface area contributed by atoms with Crippen molar-refractivity contribution < 1.29 is 89.4 Å². The molecule has 3 heterocycles. The van der Waals surface area contributed by atoms with E-state index < -0.39 is 124 Å². The van der Waals surface area contributed by atoms with Crippen LogP contribution in [0.1, 0.15) is 335 Å². The summed E-state index contributed by atoms with van der Waals surface area (Å²) in [6.07, 6.45) is 72.4. The average molecular weight is 1570 g/mol. The molecule has 3 saturated heterocycles. The third-order valence-electron chi connectivity index (χ3n) is 21.6. The molecule has 12 N–H and O–H groups in total. The summed E-state index contributed by atoms with van der Waals surface area (Å²) in [5, 5.41) is 121. The first-order valence-corrected chi connectivity index (χ1v) is 44.6. The Labute approximate surface area is 672 Å². The maximum atomic E-state index is 13.5. The van der Waals surface area contributed by atoms with E-state index in [9.17, 15) is 61.0 Å². The number of amides is 1. The van der Waals surface area contributed by atoms with E-state index in [0.29, 0.717) is 12.8 Å². The molecule has 0 bridgehead atoms. The molecule has 17 unspecified atom stereocenters. The number of unbranched alkanes of at least 4 members (excludes halogenated alkanes) is 39. The lowest BCUT2D eigenvalue weighted by molar-refractivity contribution is -0.379. The Morgan fingerprint density at radius 2 is 0.631 bits per heavy atom.